The minimum absolute atomic E-state index is 0.0915. The van der Waals surface area contributed by atoms with Crippen LogP contribution in [-0.4, -0.2) is 51.6 Å². The summed E-state index contributed by atoms with van der Waals surface area (Å²) in [5.41, 5.74) is 1.93. The van der Waals surface area contributed by atoms with E-state index in [4.69, 9.17) is 9.47 Å². The third-order valence-electron chi connectivity index (χ3n) is 4.67. The molecule has 2 aliphatic heterocycles. The summed E-state index contributed by atoms with van der Waals surface area (Å²) >= 11 is 0.871. The van der Waals surface area contributed by atoms with E-state index in [1.807, 2.05) is 0 Å². The summed E-state index contributed by atoms with van der Waals surface area (Å²) < 4.78 is 12.2. The van der Waals surface area contributed by atoms with Crippen molar-refractivity contribution in [3.63, 3.8) is 0 Å². The van der Waals surface area contributed by atoms with Gasteiger partial charge in [0, 0.05) is 25.8 Å². The van der Waals surface area contributed by atoms with Crippen LogP contribution in [0.2, 0.25) is 0 Å². The van der Waals surface area contributed by atoms with Crippen LogP contribution in [0, 0.1) is 6.92 Å². The van der Waals surface area contributed by atoms with E-state index < -0.39 is 0 Å². The molecule has 1 aromatic heterocycles. The minimum atomic E-state index is -0.385. The summed E-state index contributed by atoms with van der Waals surface area (Å²) in [7, 11) is 1.75. The summed E-state index contributed by atoms with van der Waals surface area (Å²) in [6, 6.07) is 5.30. The number of thioether (sulfide) groups is 1. The number of ether oxygens (including phenoxy) is 2. The third kappa shape index (κ3) is 3.70. The van der Waals surface area contributed by atoms with Crippen molar-refractivity contribution in [2.45, 2.75) is 6.92 Å². The lowest BCUT2D eigenvalue weighted by Gasteiger charge is -2.12. The Morgan fingerprint density at radius 2 is 2.10 bits per heavy atom. The van der Waals surface area contributed by atoms with Crippen LogP contribution in [0.1, 0.15) is 21.6 Å². The van der Waals surface area contributed by atoms with E-state index >= 15 is 0 Å². The zero-order valence-corrected chi connectivity index (χ0v) is 16.6. The maximum atomic E-state index is 12.6. The first-order valence-corrected chi connectivity index (χ1v) is 9.67. The van der Waals surface area contributed by atoms with Gasteiger partial charge in [-0.25, -0.2) is 0 Å². The molecule has 1 aromatic carbocycles. The molecule has 29 heavy (non-hydrogen) atoms. The smallest absolute Gasteiger partial charge is 0.293 e. The van der Waals surface area contributed by atoms with Crippen LogP contribution in [0.5, 0.6) is 11.5 Å². The maximum Gasteiger partial charge on any atom is 0.293 e. The Morgan fingerprint density at radius 1 is 1.31 bits per heavy atom. The Balaban J connectivity index is 1.38. The normalized spacial score (nSPS) is 16.8. The molecule has 1 fully saturated rings. The number of aryl methyl sites for hydroxylation is 1. The zero-order chi connectivity index (χ0) is 20.5. The lowest BCUT2D eigenvalue weighted by atomic mass is 10.2. The summed E-state index contributed by atoms with van der Waals surface area (Å²) in [5, 5.41) is 6.38. The lowest BCUT2D eigenvalue weighted by molar-refractivity contribution is -0.122. The fourth-order valence-corrected chi connectivity index (χ4v) is 3.81. The minimum Gasteiger partial charge on any atom is -0.454 e. The molecule has 0 aliphatic carbocycles. The largest absolute Gasteiger partial charge is 0.454 e. The van der Waals surface area contributed by atoms with E-state index in [1.54, 1.807) is 42.9 Å². The average molecular weight is 414 g/mol. The van der Waals surface area contributed by atoms with Gasteiger partial charge in [-0.3, -0.25) is 24.0 Å². The number of rotatable bonds is 5. The zero-order valence-electron chi connectivity index (χ0n) is 15.8. The summed E-state index contributed by atoms with van der Waals surface area (Å²) in [5.74, 6) is 0.573. The molecule has 0 spiro atoms. The Bertz CT molecular complexity index is 1050. The van der Waals surface area contributed by atoms with Crippen molar-refractivity contribution in [2.24, 2.45) is 7.05 Å². The molecule has 1 saturated heterocycles. The van der Waals surface area contributed by atoms with Crippen LogP contribution in [0.3, 0.4) is 0 Å². The monoisotopic (exact) mass is 414 g/mol. The van der Waals surface area contributed by atoms with Crippen molar-refractivity contribution in [1.82, 2.24) is 20.0 Å². The van der Waals surface area contributed by atoms with Gasteiger partial charge in [0.15, 0.2) is 11.5 Å². The van der Waals surface area contributed by atoms with Gasteiger partial charge >= 0.3 is 0 Å². The second kappa shape index (κ2) is 7.63. The number of amides is 3. The molecule has 3 heterocycles. The highest BCUT2D eigenvalue weighted by molar-refractivity contribution is 8.18. The third-order valence-corrected chi connectivity index (χ3v) is 5.58. The van der Waals surface area contributed by atoms with Crippen LogP contribution >= 0.6 is 11.8 Å². The molecular weight excluding hydrogens is 396 g/mol. The first-order valence-electron chi connectivity index (χ1n) is 8.86. The highest BCUT2D eigenvalue weighted by Crippen LogP contribution is 2.36. The summed E-state index contributed by atoms with van der Waals surface area (Å²) in [6.07, 6.45) is 3.13. The Morgan fingerprint density at radius 3 is 2.86 bits per heavy atom. The quantitative estimate of drug-likeness (QED) is 0.746. The number of nitrogens with zero attached hydrogens (tertiary/aromatic N) is 3. The first-order chi connectivity index (χ1) is 13.9. The molecule has 1 N–H and O–H groups in total. The molecule has 0 bridgehead atoms. The molecule has 150 valence electrons. The van der Waals surface area contributed by atoms with Crippen molar-refractivity contribution in [1.29, 1.82) is 0 Å². The number of hydrogen-bond acceptors (Lipinski definition) is 7. The Labute approximate surface area is 170 Å². The van der Waals surface area contributed by atoms with E-state index in [0.717, 1.165) is 27.9 Å². The number of benzene rings is 1. The van der Waals surface area contributed by atoms with Crippen LogP contribution in [0.25, 0.3) is 6.08 Å². The van der Waals surface area contributed by atoms with Crippen LogP contribution in [0.4, 0.5) is 4.79 Å². The van der Waals surface area contributed by atoms with Gasteiger partial charge in [0.05, 0.1) is 16.7 Å². The van der Waals surface area contributed by atoms with E-state index in [0.29, 0.717) is 22.0 Å². The topological polar surface area (TPSA) is 103 Å². The lowest BCUT2D eigenvalue weighted by Crippen LogP contribution is -2.37. The van der Waals surface area contributed by atoms with Crippen molar-refractivity contribution < 1.29 is 23.9 Å². The molecule has 10 heteroatoms. The van der Waals surface area contributed by atoms with E-state index in [2.05, 4.69) is 10.4 Å². The second-order valence-electron chi connectivity index (χ2n) is 6.47. The second-order valence-corrected chi connectivity index (χ2v) is 7.46. The van der Waals surface area contributed by atoms with E-state index in [-0.39, 0.29) is 36.9 Å². The average Bonchev–Trinajstić information content (AvgIpc) is 3.36. The number of fused-ring (bicyclic) bond motifs is 1. The fourth-order valence-electron chi connectivity index (χ4n) is 2.95. The molecule has 4 rings (SSSR count). The SMILES string of the molecule is Cc1c(C(=O)NCCN2C(=O)S/C(=C\c3ccc4c(c3)OCO4)C2=O)cnn1C. The van der Waals surface area contributed by atoms with Crippen molar-refractivity contribution in [3.8, 4) is 11.5 Å². The summed E-state index contributed by atoms with van der Waals surface area (Å²) in [6.45, 7) is 2.20. The molecule has 3 amide bonds. The van der Waals surface area contributed by atoms with Crippen LogP contribution in [-0.2, 0) is 11.8 Å². The Kier molecular flexibility index (Phi) is 5.01. The number of nitrogens with one attached hydrogen (secondary N) is 1. The number of hydrogen-bond donors (Lipinski definition) is 1. The van der Waals surface area contributed by atoms with Crippen molar-refractivity contribution >= 4 is 34.9 Å². The Hall–Kier alpha value is -3.27. The predicted octanol–water partition coefficient (Wildman–Crippen LogP) is 1.92. The summed E-state index contributed by atoms with van der Waals surface area (Å²) in [4.78, 5) is 38.5. The van der Waals surface area contributed by atoms with Crippen molar-refractivity contribution in [3.05, 3.63) is 46.1 Å². The number of carbonyl (C=O) groups is 3. The molecule has 0 saturated carbocycles. The van der Waals surface area contributed by atoms with Gasteiger partial charge in [0.25, 0.3) is 17.1 Å². The van der Waals surface area contributed by atoms with Gasteiger partial charge in [-0.05, 0) is 42.5 Å². The standard InChI is InChI=1S/C19H18N4O5S/c1-11-13(9-21-22(11)2)17(24)20-5-6-23-18(25)16(29-19(23)26)8-12-3-4-14-15(7-12)28-10-27-14/h3-4,7-9H,5-6,10H2,1-2H3,(H,20,24)/b16-8-. The molecule has 2 aliphatic rings. The number of aromatic nitrogens is 2. The van der Waals surface area contributed by atoms with E-state index in [9.17, 15) is 14.4 Å². The molecule has 0 atom stereocenters. The van der Waals surface area contributed by atoms with Crippen molar-refractivity contribution in [2.75, 3.05) is 19.9 Å². The maximum absolute atomic E-state index is 12.6. The molecule has 2 aromatic rings. The molecule has 9 nitrogen and oxygen atoms in total. The van der Waals surface area contributed by atoms with Gasteiger partial charge in [-0.2, -0.15) is 5.10 Å². The highest BCUT2D eigenvalue weighted by atomic mass is 32.2. The van der Waals surface area contributed by atoms with E-state index in [1.165, 1.54) is 6.20 Å². The van der Waals surface area contributed by atoms with Crippen LogP contribution in [0.15, 0.2) is 29.3 Å². The van der Waals surface area contributed by atoms with Gasteiger partial charge < -0.3 is 14.8 Å². The first kappa shape index (κ1) is 19.1. The highest BCUT2D eigenvalue weighted by Gasteiger charge is 2.34. The number of imide groups is 1. The van der Waals surface area contributed by atoms with Crippen LogP contribution < -0.4 is 14.8 Å². The fraction of sp³-hybridized carbons (Fsp3) is 0.263. The predicted molar refractivity (Wildman–Crippen MR) is 106 cm³/mol. The van der Waals surface area contributed by atoms with Gasteiger partial charge in [0.1, 0.15) is 0 Å². The van der Waals surface area contributed by atoms with Gasteiger partial charge in [-0.1, -0.05) is 6.07 Å². The number of carbonyl (C=O) groups excluding carboxylic acids is 3. The molecular formula is C19H18N4O5S. The van der Waals surface area contributed by atoms with Gasteiger partial charge in [-0.15, -0.1) is 0 Å². The van der Waals surface area contributed by atoms with Gasteiger partial charge in [0.2, 0.25) is 6.79 Å². The molecule has 0 unspecified atom stereocenters. The molecule has 0 radical (unpaired) electrons.